The zero-order valence-corrected chi connectivity index (χ0v) is 18.4. The first-order valence-corrected chi connectivity index (χ1v) is 10.7. The number of hydrogen-bond acceptors (Lipinski definition) is 7. The molecule has 0 fully saturated rings. The lowest BCUT2D eigenvalue weighted by molar-refractivity contribution is -0.144. The minimum absolute atomic E-state index is 0.0741. The molecular formula is C26H23NO7. The topological polar surface area (TPSA) is 100 Å². The van der Waals surface area contributed by atoms with Gasteiger partial charge in [-0.1, -0.05) is 66.7 Å². The minimum Gasteiger partial charge on any atom is -0.467 e. The third-order valence-corrected chi connectivity index (χ3v) is 5.43. The number of ether oxygens (including phenoxy) is 4. The lowest BCUT2D eigenvalue weighted by Gasteiger charge is -2.18. The van der Waals surface area contributed by atoms with Gasteiger partial charge >= 0.3 is 18.2 Å². The fraction of sp³-hybridized carbons (Fsp3) is 0.192. The van der Waals surface area contributed by atoms with Gasteiger partial charge in [0, 0.05) is 5.92 Å². The van der Waals surface area contributed by atoms with E-state index in [-0.39, 0.29) is 18.3 Å². The third kappa shape index (κ3) is 5.17. The maximum atomic E-state index is 12.5. The molecule has 1 aliphatic carbocycles. The van der Waals surface area contributed by atoms with Gasteiger partial charge in [0.25, 0.3) is 0 Å². The molecule has 8 nitrogen and oxygen atoms in total. The first-order valence-electron chi connectivity index (χ1n) is 10.7. The first kappa shape index (κ1) is 22.8. The number of hydrogen-bond donors (Lipinski definition) is 1. The van der Waals surface area contributed by atoms with Gasteiger partial charge in [0.1, 0.15) is 19.0 Å². The maximum absolute atomic E-state index is 12.5. The SMILES string of the molecule is COC(=O)[C@H](COC(=O)Oc1ccccc1)NC(=O)OCC1c2ccccc2-c2ccccc21. The van der Waals surface area contributed by atoms with Crippen molar-refractivity contribution < 1.29 is 33.3 Å². The summed E-state index contributed by atoms with van der Waals surface area (Å²) in [6.45, 7) is -0.410. The number of para-hydroxylation sites is 1. The average Bonchev–Trinajstić information content (AvgIpc) is 3.19. The van der Waals surface area contributed by atoms with E-state index in [1.807, 2.05) is 48.5 Å². The Balaban J connectivity index is 1.34. The number of carbonyl (C=O) groups excluding carboxylic acids is 3. The lowest BCUT2D eigenvalue weighted by atomic mass is 9.98. The molecule has 1 amide bonds. The Kier molecular flexibility index (Phi) is 7.07. The molecule has 1 aliphatic rings. The summed E-state index contributed by atoms with van der Waals surface area (Å²) in [6, 6.07) is 22.9. The number of rotatable bonds is 7. The van der Waals surface area contributed by atoms with Gasteiger partial charge in [-0.05, 0) is 34.4 Å². The highest BCUT2D eigenvalue weighted by molar-refractivity contribution is 5.82. The van der Waals surface area contributed by atoms with Gasteiger partial charge in [0.15, 0.2) is 6.04 Å². The van der Waals surface area contributed by atoms with Gasteiger partial charge in [-0.3, -0.25) is 0 Å². The predicted molar refractivity (Wildman–Crippen MR) is 122 cm³/mol. The summed E-state index contributed by atoms with van der Waals surface area (Å²) >= 11 is 0. The maximum Gasteiger partial charge on any atom is 0.513 e. The molecule has 0 heterocycles. The lowest BCUT2D eigenvalue weighted by Crippen LogP contribution is -2.45. The first-order chi connectivity index (χ1) is 16.6. The monoisotopic (exact) mass is 461 g/mol. The molecule has 1 N–H and O–H groups in total. The molecule has 0 saturated heterocycles. The Morgan fingerprint density at radius 3 is 2.03 bits per heavy atom. The highest BCUT2D eigenvalue weighted by Gasteiger charge is 2.30. The van der Waals surface area contributed by atoms with E-state index >= 15 is 0 Å². The van der Waals surface area contributed by atoms with E-state index in [9.17, 15) is 14.4 Å². The molecule has 3 aromatic carbocycles. The summed E-state index contributed by atoms with van der Waals surface area (Å²) in [5.74, 6) is -0.639. The molecule has 0 bridgehead atoms. The van der Waals surface area contributed by atoms with E-state index in [1.54, 1.807) is 30.3 Å². The summed E-state index contributed by atoms with van der Waals surface area (Å²) < 4.78 is 20.1. The normalized spacial score (nSPS) is 12.6. The Hall–Kier alpha value is -4.33. The predicted octanol–water partition coefficient (Wildman–Crippen LogP) is 4.28. The molecular weight excluding hydrogens is 438 g/mol. The molecule has 0 radical (unpaired) electrons. The van der Waals surface area contributed by atoms with E-state index in [1.165, 1.54) is 0 Å². The number of esters is 1. The van der Waals surface area contributed by atoms with Crippen molar-refractivity contribution in [2.45, 2.75) is 12.0 Å². The molecule has 0 aromatic heterocycles. The van der Waals surface area contributed by atoms with Crippen molar-refractivity contribution in [1.29, 1.82) is 0 Å². The van der Waals surface area contributed by atoms with E-state index in [4.69, 9.17) is 18.9 Å². The molecule has 34 heavy (non-hydrogen) atoms. The number of fused-ring (bicyclic) bond motifs is 3. The highest BCUT2D eigenvalue weighted by atomic mass is 16.7. The summed E-state index contributed by atoms with van der Waals surface area (Å²) in [7, 11) is 1.16. The van der Waals surface area contributed by atoms with Crippen LogP contribution in [0.5, 0.6) is 5.75 Å². The largest absolute Gasteiger partial charge is 0.513 e. The smallest absolute Gasteiger partial charge is 0.467 e. The summed E-state index contributed by atoms with van der Waals surface area (Å²) in [4.78, 5) is 36.5. The van der Waals surface area contributed by atoms with Gasteiger partial charge in [0.05, 0.1) is 7.11 Å². The number of amides is 1. The van der Waals surface area contributed by atoms with Crippen LogP contribution >= 0.6 is 0 Å². The van der Waals surface area contributed by atoms with Crippen molar-refractivity contribution in [3.8, 4) is 16.9 Å². The van der Waals surface area contributed by atoms with Gasteiger partial charge in [-0.15, -0.1) is 0 Å². The van der Waals surface area contributed by atoms with Crippen molar-refractivity contribution >= 4 is 18.2 Å². The molecule has 0 unspecified atom stereocenters. The Morgan fingerprint density at radius 2 is 1.41 bits per heavy atom. The van der Waals surface area contributed by atoms with Crippen molar-refractivity contribution in [2.75, 3.05) is 20.3 Å². The Labute approximate surface area is 196 Å². The molecule has 3 aromatic rings. The van der Waals surface area contributed by atoms with Crippen LogP contribution in [0.25, 0.3) is 11.1 Å². The van der Waals surface area contributed by atoms with Crippen molar-refractivity contribution in [3.05, 3.63) is 90.0 Å². The quantitative estimate of drug-likeness (QED) is 0.318. The summed E-state index contributed by atoms with van der Waals surface area (Å²) in [6.07, 6.45) is -1.85. The average molecular weight is 461 g/mol. The number of methoxy groups -OCH3 is 1. The second kappa shape index (κ2) is 10.5. The van der Waals surface area contributed by atoms with Gasteiger partial charge in [-0.2, -0.15) is 0 Å². The van der Waals surface area contributed by atoms with E-state index < -0.39 is 30.9 Å². The molecule has 4 rings (SSSR count). The van der Waals surface area contributed by atoms with Crippen LogP contribution < -0.4 is 10.1 Å². The van der Waals surface area contributed by atoms with Crippen LogP contribution in [-0.2, 0) is 19.0 Å². The summed E-state index contributed by atoms with van der Waals surface area (Å²) in [5, 5.41) is 2.39. The molecule has 0 saturated carbocycles. The second-order valence-electron chi connectivity index (χ2n) is 7.52. The van der Waals surface area contributed by atoms with Crippen LogP contribution in [-0.4, -0.2) is 44.6 Å². The van der Waals surface area contributed by atoms with E-state index in [0.717, 1.165) is 29.4 Å². The Morgan fingerprint density at radius 1 is 0.824 bits per heavy atom. The Bertz CT molecular complexity index is 1130. The number of benzene rings is 3. The number of nitrogens with one attached hydrogen (secondary N) is 1. The molecule has 0 spiro atoms. The molecule has 0 aliphatic heterocycles. The molecule has 1 atom stereocenters. The zero-order chi connectivity index (χ0) is 23.9. The van der Waals surface area contributed by atoms with Crippen LogP contribution in [0.15, 0.2) is 78.9 Å². The van der Waals surface area contributed by atoms with Crippen LogP contribution in [0.2, 0.25) is 0 Å². The third-order valence-electron chi connectivity index (χ3n) is 5.43. The van der Waals surface area contributed by atoms with E-state index in [2.05, 4.69) is 5.32 Å². The van der Waals surface area contributed by atoms with Gasteiger partial charge < -0.3 is 24.3 Å². The van der Waals surface area contributed by atoms with Crippen LogP contribution in [0, 0.1) is 0 Å². The van der Waals surface area contributed by atoms with Gasteiger partial charge in [-0.25, -0.2) is 14.4 Å². The highest BCUT2D eigenvalue weighted by Crippen LogP contribution is 2.44. The minimum atomic E-state index is -1.26. The van der Waals surface area contributed by atoms with Crippen LogP contribution in [0.4, 0.5) is 9.59 Å². The standard InChI is InChI=1S/C26H23NO7/c1-31-24(28)23(16-33-26(30)34-17-9-3-2-4-10-17)27-25(29)32-15-22-20-13-7-5-11-18(20)19-12-6-8-14-21(19)22/h2-14,22-23H,15-16H2,1H3,(H,27,29)/t23-/m0/s1. The zero-order valence-electron chi connectivity index (χ0n) is 18.4. The fourth-order valence-electron chi connectivity index (χ4n) is 3.86. The summed E-state index contributed by atoms with van der Waals surface area (Å²) in [5.41, 5.74) is 4.33. The van der Waals surface area contributed by atoms with Crippen LogP contribution in [0.1, 0.15) is 17.0 Å². The van der Waals surface area contributed by atoms with E-state index in [0.29, 0.717) is 0 Å². The van der Waals surface area contributed by atoms with Crippen molar-refractivity contribution in [3.63, 3.8) is 0 Å². The number of alkyl carbamates (subject to hydrolysis) is 1. The van der Waals surface area contributed by atoms with Gasteiger partial charge in [0.2, 0.25) is 0 Å². The molecule has 174 valence electrons. The van der Waals surface area contributed by atoms with Crippen molar-refractivity contribution in [2.24, 2.45) is 0 Å². The van der Waals surface area contributed by atoms with Crippen LogP contribution in [0.3, 0.4) is 0 Å². The number of carbonyl (C=O) groups is 3. The fourth-order valence-corrected chi connectivity index (χ4v) is 3.86. The van der Waals surface area contributed by atoms with Crippen molar-refractivity contribution in [1.82, 2.24) is 5.32 Å². The molecule has 8 heteroatoms. The second-order valence-corrected chi connectivity index (χ2v) is 7.52.